The number of aromatic amines is 2. The highest BCUT2D eigenvalue weighted by Crippen LogP contribution is 2.32. The SMILES string of the molecule is CCC1=Cc2cc3ccc(cc4nc(cc5[nH]c(c(CC)c1n2)c(CC)c5CC)C=C4)[nH]3. The first kappa shape index (κ1) is 20.5. The second-order valence-corrected chi connectivity index (χ2v) is 8.42. The number of hydrogen-bond acceptors (Lipinski definition) is 2. The highest BCUT2D eigenvalue weighted by molar-refractivity contribution is 5.88. The lowest BCUT2D eigenvalue weighted by molar-refractivity contribution is 1.05. The van der Waals surface area contributed by atoms with Gasteiger partial charge in [-0.15, -0.1) is 0 Å². The van der Waals surface area contributed by atoms with Crippen LogP contribution in [-0.4, -0.2) is 19.9 Å². The van der Waals surface area contributed by atoms with Crippen LogP contribution in [-0.2, 0) is 19.3 Å². The molecular formula is C28H30N4. The van der Waals surface area contributed by atoms with Gasteiger partial charge in [-0.1, -0.05) is 27.7 Å². The van der Waals surface area contributed by atoms with E-state index in [0.29, 0.717) is 0 Å². The zero-order valence-corrected chi connectivity index (χ0v) is 19.3. The normalized spacial score (nSPS) is 12.9. The first-order valence-corrected chi connectivity index (χ1v) is 11.8. The van der Waals surface area contributed by atoms with Crippen LogP contribution in [0.2, 0.25) is 0 Å². The fraction of sp³-hybridized carbons (Fsp3) is 0.286. The molecule has 5 rings (SSSR count). The highest BCUT2D eigenvalue weighted by Gasteiger charge is 2.18. The highest BCUT2D eigenvalue weighted by atomic mass is 14.8. The molecule has 0 saturated carbocycles. The van der Waals surface area contributed by atoms with Crippen LogP contribution in [0.5, 0.6) is 0 Å². The van der Waals surface area contributed by atoms with Gasteiger partial charge in [-0.3, -0.25) is 0 Å². The molecule has 2 N–H and O–H groups in total. The van der Waals surface area contributed by atoms with Crippen molar-refractivity contribution in [1.82, 2.24) is 19.9 Å². The topological polar surface area (TPSA) is 57.4 Å². The third-order valence-corrected chi connectivity index (χ3v) is 6.46. The quantitative estimate of drug-likeness (QED) is 0.368. The lowest BCUT2D eigenvalue weighted by atomic mass is 9.99. The molecule has 8 bridgehead atoms. The smallest absolute Gasteiger partial charge is 0.0722 e. The molecular weight excluding hydrogens is 392 g/mol. The molecule has 0 radical (unpaired) electrons. The summed E-state index contributed by atoms with van der Waals surface area (Å²) in [6.45, 7) is 8.94. The summed E-state index contributed by atoms with van der Waals surface area (Å²) in [5.41, 5.74) is 14.0. The molecule has 162 valence electrons. The summed E-state index contributed by atoms with van der Waals surface area (Å²) in [5.74, 6) is 0. The minimum atomic E-state index is 0.931. The van der Waals surface area contributed by atoms with Crippen LogP contribution in [0.4, 0.5) is 0 Å². The molecule has 0 aromatic carbocycles. The fourth-order valence-corrected chi connectivity index (χ4v) is 4.94. The third kappa shape index (κ3) is 3.50. The Balaban J connectivity index is 1.97. The van der Waals surface area contributed by atoms with Gasteiger partial charge in [-0.25, -0.2) is 9.97 Å². The molecule has 0 atom stereocenters. The van der Waals surface area contributed by atoms with Gasteiger partial charge in [-0.05, 0) is 90.9 Å². The molecule has 2 aliphatic heterocycles. The van der Waals surface area contributed by atoms with E-state index in [1.165, 1.54) is 33.3 Å². The van der Waals surface area contributed by atoms with Crippen molar-refractivity contribution in [2.45, 2.75) is 53.4 Å². The Labute approximate surface area is 189 Å². The van der Waals surface area contributed by atoms with Gasteiger partial charge in [0.2, 0.25) is 0 Å². The van der Waals surface area contributed by atoms with Gasteiger partial charge >= 0.3 is 0 Å². The van der Waals surface area contributed by atoms with E-state index in [4.69, 9.17) is 9.97 Å². The van der Waals surface area contributed by atoms with Crippen LogP contribution in [0.3, 0.4) is 0 Å². The molecule has 0 amide bonds. The summed E-state index contributed by atoms with van der Waals surface area (Å²) in [6.07, 6.45) is 10.3. The first-order valence-electron chi connectivity index (χ1n) is 11.8. The van der Waals surface area contributed by atoms with Crippen LogP contribution in [0.25, 0.3) is 45.9 Å². The number of H-pyrrole nitrogens is 2. The second kappa shape index (κ2) is 8.27. The summed E-state index contributed by atoms with van der Waals surface area (Å²) in [5, 5.41) is 0. The molecule has 0 aliphatic carbocycles. The molecule has 3 aromatic rings. The van der Waals surface area contributed by atoms with Gasteiger partial charge in [0.15, 0.2) is 0 Å². The van der Waals surface area contributed by atoms with Crippen molar-refractivity contribution in [3.63, 3.8) is 0 Å². The van der Waals surface area contributed by atoms with E-state index in [9.17, 15) is 0 Å². The number of allylic oxidation sites excluding steroid dienone is 1. The monoisotopic (exact) mass is 422 g/mol. The molecule has 4 heteroatoms. The molecule has 32 heavy (non-hydrogen) atoms. The summed E-state index contributed by atoms with van der Waals surface area (Å²) >= 11 is 0. The molecule has 5 heterocycles. The van der Waals surface area contributed by atoms with Crippen LogP contribution in [0, 0.1) is 0 Å². The van der Waals surface area contributed by atoms with Crippen molar-refractivity contribution in [2.24, 2.45) is 0 Å². The van der Waals surface area contributed by atoms with E-state index in [1.807, 2.05) is 0 Å². The molecule has 2 aliphatic rings. The molecule has 3 aromatic heterocycles. The zero-order valence-electron chi connectivity index (χ0n) is 19.3. The van der Waals surface area contributed by atoms with E-state index < -0.39 is 0 Å². The minimum absolute atomic E-state index is 0.931. The van der Waals surface area contributed by atoms with Crippen molar-refractivity contribution in [3.8, 4) is 0 Å². The number of fused-ring (bicyclic) bond motifs is 8. The van der Waals surface area contributed by atoms with Gasteiger partial charge in [0.05, 0.1) is 22.8 Å². The Hall–Kier alpha value is -3.40. The number of aryl methyl sites for hydroxylation is 3. The van der Waals surface area contributed by atoms with Crippen molar-refractivity contribution >= 4 is 45.9 Å². The number of hydrogen-bond donors (Lipinski definition) is 2. The van der Waals surface area contributed by atoms with Crippen molar-refractivity contribution < 1.29 is 0 Å². The van der Waals surface area contributed by atoms with Gasteiger partial charge in [-0.2, -0.15) is 0 Å². The third-order valence-electron chi connectivity index (χ3n) is 6.46. The summed E-state index contributed by atoms with van der Waals surface area (Å²) < 4.78 is 0. The minimum Gasteiger partial charge on any atom is -0.355 e. The van der Waals surface area contributed by atoms with Gasteiger partial charge in [0, 0.05) is 27.6 Å². The van der Waals surface area contributed by atoms with Crippen LogP contribution >= 0.6 is 0 Å². The Bertz CT molecular complexity index is 1410. The number of aromatic nitrogens is 4. The van der Waals surface area contributed by atoms with E-state index in [2.05, 4.69) is 86.2 Å². The zero-order chi connectivity index (χ0) is 22.2. The van der Waals surface area contributed by atoms with Crippen LogP contribution < -0.4 is 0 Å². The Morgan fingerprint density at radius 2 is 1.31 bits per heavy atom. The Kier molecular flexibility index (Phi) is 5.30. The van der Waals surface area contributed by atoms with E-state index in [1.54, 1.807) is 0 Å². The average Bonchev–Trinajstić information content (AvgIpc) is 3.56. The molecule has 0 saturated heterocycles. The maximum atomic E-state index is 5.11. The van der Waals surface area contributed by atoms with Gasteiger partial charge < -0.3 is 9.97 Å². The van der Waals surface area contributed by atoms with Crippen molar-refractivity contribution in [2.75, 3.05) is 0 Å². The molecule has 0 unspecified atom stereocenters. The second-order valence-electron chi connectivity index (χ2n) is 8.42. The summed E-state index contributed by atoms with van der Waals surface area (Å²) in [6, 6.07) is 10.6. The lowest BCUT2D eigenvalue weighted by Crippen LogP contribution is -1.94. The van der Waals surface area contributed by atoms with Crippen molar-refractivity contribution in [3.05, 3.63) is 69.8 Å². The van der Waals surface area contributed by atoms with E-state index in [0.717, 1.165) is 59.5 Å². The summed E-state index contributed by atoms with van der Waals surface area (Å²) in [7, 11) is 0. The number of nitrogens with one attached hydrogen (secondary N) is 2. The summed E-state index contributed by atoms with van der Waals surface area (Å²) in [4.78, 5) is 17.2. The Morgan fingerprint density at radius 3 is 1.97 bits per heavy atom. The maximum absolute atomic E-state index is 5.11. The molecule has 0 fully saturated rings. The molecule has 0 spiro atoms. The number of nitrogens with zero attached hydrogens (tertiary/aromatic N) is 2. The van der Waals surface area contributed by atoms with Crippen molar-refractivity contribution in [1.29, 1.82) is 0 Å². The predicted molar refractivity (Wildman–Crippen MR) is 136 cm³/mol. The number of rotatable bonds is 4. The van der Waals surface area contributed by atoms with Crippen LogP contribution in [0.15, 0.2) is 30.3 Å². The lowest BCUT2D eigenvalue weighted by Gasteiger charge is -2.06. The Morgan fingerprint density at radius 1 is 0.656 bits per heavy atom. The predicted octanol–water partition coefficient (Wildman–Crippen LogP) is 7.12. The van der Waals surface area contributed by atoms with Crippen LogP contribution in [0.1, 0.15) is 73.6 Å². The average molecular weight is 423 g/mol. The van der Waals surface area contributed by atoms with Gasteiger partial charge in [0.25, 0.3) is 0 Å². The fourth-order valence-electron chi connectivity index (χ4n) is 4.94. The van der Waals surface area contributed by atoms with Gasteiger partial charge in [0.1, 0.15) is 0 Å². The van der Waals surface area contributed by atoms with E-state index >= 15 is 0 Å². The maximum Gasteiger partial charge on any atom is 0.0722 e. The molecule has 4 nitrogen and oxygen atoms in total. The first-order chi connectivity index (χ1) is 15.6. The van der Waals surface area contributed by atoms with E-state index in [-0.39, 0.29) is 0 Å². The largest absolute Gasteiger partial charge is 0.355 e. The standard InChI is InChI=1S/C28H30N4/c1-5-17-13-22-15-20-10-9-18(29-20)14-19-11-12-21(30-19)16-26-23(6-2)24(7-3)28(32-26)25(8-4)27(17)31-22/h9-16,29,32H,5-8H2,1-4H3.